The molecule has 1 heterocycles. The van der Waals surface area contributed by atoms with Crippen LogP contribution in [0.25, 0.3) is 0 Å². The molecule has 0 aliphatic carbocycles. The summed E-state index contributed by atoms with van der Waals surface area (Å²) in [7, 11) is 3.41. The Morgan fingerprint density at radius 3 is 2.37 bits per heavy atom. The van der Waals surface area contributed by atoms with Crippen molar-refractivity contribution in [1.82, 2.24) is 5.32 Å². The zero-order valence-corrected chi connectivity index (χ0v) is 12.7. The first-order chi connectivity index (χ1) is 8.94. The van der Waals surface area contributed by atoms with Gasteiger partial charge in [0, 0.05) is 11.6 Å². The highest BCUT2D eigenvalue weighted by molar-refractivity contribution is 5.46. The van der Waals surface area contributed by atoms with Crippen LogP contribution in [0.2, 0.25) is 0 Å². The van der Waals surface area contributed by atoms with Crippen LogP contribution in [0.1, 0.15) is 39.2 Å². The maximum Gasteiger partial charge on any atom is 0.127 e. The minimum absolute atomic E-state index is 0.0232. The molecule has 1 N–H and O–H groups in total. The van der Waals surface area contributed by atoms with Crippen molar-refractivity contribution < 1.29 is 9.47 Å². The summed E-state index contributed by atoms with van der Waals surface area (Å²) in [6.07, 6.45) is 2.34. The third kappa shape index (κ3) is 2.32. The highest BCUT2D eigenvalue weighted by Crippen LogP contribution is 2.48. The molecule has 1 atom stereocenters. The number of rotatable bonds is 3. The summed E-state index contributed by atoms with van der Waals surface area (Å²) >= 11 is 0. The fourth-order valence-corrected chi connectivity index (χ4v) is 3.17. The normalized spacial score (nSPS) is 23.4. The summed E-state index contributed by atoms with van der Waals surface area (Å²) in [6.45, 7) is 7.92. The predicted molar refractivity (Wildman–Crippen MR) is 77.9 cm³/mol. The van der Waals surface area contributed by atoms with E-state index >= 15 is 0 Å². The lowest BCUT2D eigenvalue weighted by molar-refractivity contribution is 0.156. The summed E-state index contributed by atoms with van der Waals surface area (Å²) in [5.41, 5.74) is 1.34. The quantitative estimate of drug-likeness (QED) is 0.907. The maximum atomic E-state index is 5.60. The van der Waals surface area contributed by atoms with E-state index in [1.165, 1.54) is 12.0 Å². The number of benzene rings is 1. The molecule has 0 saturated carbocycles. The van der Waals surface area contributed by atoms with E-state index in [1.807, 2.05) is 12.1 Å². The Morgan fingerprint density at radius 2 is 1.89 bits per heavy atom. The van der Waals surface area contributed by atoms with Gasteiger partial charge in [0.05, 0.1) is 19.8 Å². The Bertz CT molecular complexity index is 443. The van der Waals surface area contributed by atoms with Crippen molar-refractivity contribution in [3.05, 3.63) is 23.8 Å². The first kappa shape index (κ1) is 14.2. The molecule has 1 aromatic carbocycles. The largest absolute Gasteiger partial charge is 0.497 e. The SMILES string of the molecule is COc1ccc(C2(C(C)(C)C)CCCN2)c(OC)c1. The van der Waals surface area contributed by atoms with E-state index < -0.39 is 0 Å². The van der Waals surface area contributed by atoms with Crippen molar-refractivity contribution in [2.24, 2.45) is 5.41 Å². The van der Waals surface area contributed by atoms with E-state index in [4.69, 9.17) is 9.47 Å². The average Bonchev–Trinajstić information content (AvgIpc) is 2.88. The molecule has 2 rings (SSSR count). The lowest BCUT2D eigenvalue weighted by Gasteiger charge is -2.43. The third-order valence-corrected chi connectivity index (χ3v) is 4.30. The number of hydrogen-bond acceptors (Lipinski definition) is 3. The van der Waals surface area contributed by atoms with Crippen LogP contribution >= 0.6 is 0 Å². The highest BCUT2D eigenvalue weighted by Gasteiger charge is 2.46. The van der Waals surface area contributed by atoms with Gasteiger partial charge in [-0.1, -0.05) is 20.8 Å². The Morgan fingerprint density at radius 1 is 1.16 bits per heavy atom. The van der Waals surface area contributed by atoms with Gasteiger partial charge in [0.15, 0.2) is 0 Å². The zero-order valence-electron chi connectivity index (χ0n) is 12.7. The minimum Gasteiger partial charge on any atom is -0.497 e. The molecule has 3 heteroatoms. The van der Waals surface area contributed by atoms with Crippen LogP contribution in [0.5, 0.6) is 11.5 Å². The van der Waals surface area contributed by atoms with Gasteiger partial charge in [-0.2, -0.15) is 0 Å². The molecular weight excluding hydrogens is 238 g/mol. The van der Waals surface area contributed by atoms with Crippen molar-refractivity contribution in [1.29, 1.82) is 0 Å². The first-order valence-corrected chi connectivity index (χ1v) is 6.92. The van der Waals surface area contributed by atoms with E-state index in [9.17, 15) is 0 Å². The summed E-state index contributed by atoms with van der Waals surface area (Å²) in [5, 5.41) is 3.72. The number of nitrogens with one attached hydrogen (secondary N) is 1. The van der Waals surface area contributed by atoms with Gasteiger partial charge in [-0.25, -0.2) is 0 Å². The van der Waals surface area contributed by atoms with Gasteiger partial charge in [0.1, 0.15) is 11.5 Å². The molecule has 19 heavy (non-hydrogen) atoms. The second kappa shape index (κ2) is 5.04. The average molecular weight is 263 g/mol. The molecule has 0 spiro atoms. The molecule has 106 valence electrons. The molecule has 0 aromatic heterocycles. The Labute approximate surface area is 116 Å². The molecule has 3 nitrogen and oxygen atoms in total. The van der Waals surface area contributed by atoms with Gasteiger partial charge in [-0.05, 0) is 36.9 Å². The zero-order chi connectivity index (χ0) is 14.1. The van der Waals surface area contributed by atoms with E-state index in [2.05, 4.69) is 32.2 Å². The number of hydrogen-bond donors (Lipinski definition) is 1. The molecule has 0 bridgehead atoms. The molecule has 1 fully saturated rings. The van der Waals surface area contributed by atoms with Crippen LogP contribution in [-0.2, 0) is 5.54 Å². The van der Waals surface area contributed by atoms with Crippen LogP contribution in [-0.4, -0.2) is 20.8 Å². The monoisotopic (exact) mass is 263 g/mol. The second-order valence-electron chi connectivity index (χ2n) is 6.25. The summed E-state index contributed by atoms with van der Waals surface area (Å²) < 4.78 is 10.9. The highest BCUT2D eigenvalue weighted by atomic mass is 16.5. The fraction of sp³-hybridized carbons (Fsp3) is 0.625. The van der Waals surface area contributed by atoms with Crippen LogP contribution in [0, 0.1) is 5.41 Å². The van der Waals surface area contributed by atoms with Crippen LogP contribution in [0.15, 0.2) is 18.2 Å². The van der Waals surface area contributed by atoms with Gasteiger partial charge < -0.3 is 14.8 Å². The van der Waals surface area contributed by atoms with Crippen molar-refractivity contribution in [2.45, 2.75) is 39.2 Å². The molecule has 0 radical (unpaired) electrons. The fourth-order valence-electron chi connectivity index (χ4n) is 3.17. The van der Waals surface area contributed by atoms with Crippen molar-refractivity contribution in [3.63, 3.8) is 0 Å². The molecule has 0 amide bonds. The van der Waals surface area contributed by atoms with Crippen molar-refractivity contribution in [3.8, 4) is 11.5 Å². The van der Waals surface area contributed by atoms with Crippen LogP contribution < -0.4 is 14.8 Å². The molecule has 1 aromatic rings. The second-order valence-corrected chi connectivity index (χ2v) is 6.25. The number of ether oxygens (including phenoxy) is 2. The smallest absolute Gasteiger partial charge is 0.127 e. The summed E-state index contributed by atoms with van der Waals surface area (Å²) in [6, 6.07) is 6.13. The summed E-state index contributed by atoms with van der Waals surface area (Å²) in [5.74, 6) is 1.74. The van der Waals surface area contributed by atoms with Gasteiger partial charge in [-0.15, -0.1) is 0 Å². The van der Waals surface area contributed by atoms with Crippen LogP contribution in [0.3, 0.4) is 0 Å². The molecule has 1 aliphatic heterocycles. The molecular formula is C16H25NO2. The van der Waals surface area contributed by atoms with Crippen molar-refractivity contribution >= 4 is 0 Å². The van der Waals surface area contributed by atoms with Gasteiger partial charge in [-0.3, -0.25) is 0 Å². The van der Waals surface area contributed by atoms with E-state index in [0.29, 0.717) is 0 Å². The lowest BCUT2D eigenvalue weighted by atomic mass is 9.68. The van der Waals surface area contributed by atoms with Crippen molar-refractivity contribution in [2.75, 3.05) is 20.8 Å². The minimum atomic E-state index is -0.0232. The Balaban J connectivity index is 2.54. The van der Waals surface area contributed by atoms with Gasteiger partial charge >= 0.3 is 0 Å². The molecule has 1 saturated heterocycles. The van der Waals surface area contributed by atoms with Gasteiger partial charge in [0.25, 0.3) is 0 Å². The molecule has 1 aliphatic rings. The molecule has 1 unspecified atom stereocenters. The maximum absolute atomic E-state index is 5.60. The third-order valence-electron chi connectivity index (χ3n) is 4.30. The van der Waals surface area contributed by atoms with Crippen LogP contribution in [0.4, 0.5) is 0 Å². The van der Waals surface area contributed by atoms with E-state index in [1.54, 1.807) is 14.2 Å². The van der Waals surface area contributed by atoms with E-state index in [0.717, 1.165) is 24.5 Å². The van der Waals surface area contributed by atoms with Gasteiger partial charge in [0.2, 0.25) is 0 Å². The predicted octanol–water partition coefficient (Wildman–Crippen LogP) is 3.33. The lowest BCUT2D eigenvalue weighted by Crippen LogP contribution is -2.48. The summed E-state index contributed by atoms with van der Waals surface area (Å²) in [4.78, 5) is 0. The standard InChI is InChI=1S/C16H25NO2/c1-15(2,3)16(9-6-10-17-16)13-8-7-12(18-4)11-14(13)19-5/h7-8,11,17H,6,9-10H2,1-5H3. The Kier molecular flexibility index (Phi) is 3.77. The Hall–Kier alpha value is -1.22. The topological polar surface area (TPSA) is 30.5 Å². The first-order valence-electron chi connectivity index (χ1n) is 6.92. The number of methoxy groups -OCH3 is 2. The van der Waals surface area contributed by atoms with E-state index in [-0.39, 0.29) is 11.0 Å².